The molecule has 2 aliphatic heterocycles. The second-order valence-electron chi connectivity index (χ2n) is 8.96. The van der Waals surface area contributed by atoms with Crippen LogP contribution in [0.4, 0.5) is 0 Å². The van der Waals surface area contributed by atoms with Crippen LogP contribution in [0.3, 0.4) is 0 Å². The highest BCUT2D eigenvalue weighted by Gasteiger charge is 2.76. The summed E-state index contributed by atoms with van der Waals surface area (Å²) in [6, 6.07) is 17.7. The molecule has 8 nitrogen and oxygen atoms in total. The van der Waals surface area contributed by atoms with Crippen molar-refractivity contribution in [2.75, 3.05) is 12.4 Å². The summed E-state index contributed by atoms with van der Waals surface area (Å²) in [5, 5.41) is 1.87. The molecule has 4 rings (SSSR count). The number of nitrogens with zero attached hydrogens (tertiary/aromatic N) is 1. The van der Waals surface area contributed by atoms with E-state index >= 15 is 0 Å². The maximum Gasteiger partial charge on any atom is 0.344 e. The topological polar surface area (TPSA) is 102 Å². The molecule has 2 saturated heterocycles. The van der Waals surface area contributed by atoms with Crippen LogP contribution in [0.15, 0.2) is 65.6 Å². The summed E-state index contributed by atoms with van der Waals surface area (Å²) in [5.41, 5.74) is -1.06. The molecule has 2 aromatic rings. The minimum absolute atomic E-state index is 0.0156. The molecule has 2 fully saturated rings. The molecule has 0 saturated carbocycles. The van der Waals surface area contributed by atoms with Crippen LogP contribution in [0.2, 0.25) is 0 Å². The zero-order valence-electron chi connectivity index (χ0n) is 20.3. The summed E-state index contributed by atoms with van der Waals surface area (Å²) in [4.78, 5) is 54.9. The van der Waals surface area contributed by atoms with E-state index in [9.17, 15) is 19.2 Å². The van der Waals surface area contributed by atoms with Crippen molar-refractivity contribution in [3.05, 3.63) is 66.2 Å². The van der Waals surface area contributed by atoms with Crippen LogP contribution in [0.5, 0.6) is 0 Å². The Kier molecular flexibility index (Phi) is 7.65. The molecule has 0 bridgehead atoms. The van der Waals surface area contributed by atoms with Crippen molar-refractivity contribution >= 4 is 47.3 Å². The molecule has 0 aromatic heterocycles. The second-order valence-corrected chi connectivity index (χ2v) is 11.7. The van der Waals surface area contributed by atoms with Gasteiger partial charge in [0, 0.05) is 9.64 Å². The van der Waals surface area contributed by atoms with Gasteiger partial charge in [-0.05, 0) is 38.5 Å². The third-order valence-corrected chi connectivity index (χ3v) is 8.69. The van der Waals surface area contributed by atoms with E-state index < -0.39 is 45.5 Å². The molecule has 2 aliphatic rings. The molecule has 10 heteroatoms. The molecule has 1 N–H and O–H groups in total. The number of benzene rings is 2. The first-order valence-corrected chi connectivity index (χ1v) is 13.4. The highest BCUT2D eigenvalue weighted by Crippen LogP contribution is 2.55. The Hall–Kier alpha value is -2.98. The Bertz CT molecular complexity index is 1140. The molecule has 0 unspecified atom stereocenters. The molecular formula is C26H28N2O6S2. The number of nitrogens with one attached hydrogen (secondary N) is 1. The fourth-order valence-corrected chi connectivity index (χ4v) is 6.77. The first kappa shape index (κ1) is 26.1. The normalized spacial score (nSPS) is 23.9. The fourth-order valence-electron chi connectivity index (χ4n) is 4.37. The number of fused-ring (bicyclic) bond motifs is 1. The fraction of sp³-hybridized carbons (Fsp3) is 0.385. The second kappa shape index (κ2) is 10.6. The van der Waals surface area contributed by atoms with E-state index in [-0.39, 0.29) is 19.0 Å². The maximum atomic E-state index is 13.6. The average molecular weight is 529 g/mol. The lowest BCUT2D eigenvalue weighted by Gasteiger charge is -2.50. The SMILES string of the molecule is CCOC(=O)[C@]1(NC(=O)CSc2ccccc2)C(=O)N2[C@@H](C(=O)OCc3ccccc3)C(C)(C)S[C@@H]21. The molecule has 2 heterocycles. The predicted molar refractivity (Wildman–Crippen MR) is 137 cm³/mol. The Morgan fingerprint density at radius 2 is 1.67 bits per heavy atom. The van der Waals surface area contributed by atoms with E-state index in [1.165, 1.54) is 28.4 Å². The van der Waals surface area contributed by atoms with Crippen LogP contribution >= 0.6 is 23.5 Å². The van der Waals surface area contributed by atoms with Crippen molar-refractivity contribution in [2.24, 2.45) is 0 Å². The lowest BCUT2D eigenvalue weighted by atomic mass is 9.84. The Balaban J connectivity index is 1.51. The smallest absolute Gasteiger partial charge is 0.344 e. The van der Waals surface area contributed by atoms with E-state index in [0.717, 1.165) is 10.5 Å². The molecule has 2 amide bonds. The van der Waals surface area contributed by atoms with Gasteiger partial charge in [0.25, 0.3) is 5.91 Å². The standard InChI is InChI=1S/C26H28N2O6S2/c1-4-33-24(32)26(27-19(29)16-35-18-13-9-6-10-14-18)22(31)28-20(25(2,3)36-23(26)28)21(30)34-15-17-11-7-5-8-12-17/h5-14,20,23H,4,15-16H2,1-3H3,(H,27,29)/t20-,23+,26-/m0/s1. The number of ether oxygens (including phenoxy) is 2. The minimum atomic E-state index is -1.89. The quantitative estimate of drug-likeness (QED) is 0.229. The Morgan fingerprint density at radius 1 is 1.03 bits per heavy atom. The Labute approximate surface area is 218 Å². The summed E-state index contributed by atoms with van der Waals surface area (Å²) in [6.45, 7) is 5.39. The first-order valence-electron chi connectivity index (χ1n) is 11.6. The molecule has 2 aromatic carbocycles. The number of thioether (sulfide) groups is 2. The molecule has 0 radical (unpaired) electrons. The highest BCUT2D eigenvalue weighted by molar-refractivity contribution is 8.01. The number of carbonyl (C=O) groups is 4. The van der Waals surface area contributed by atoms with Crippen molar-refractivity contribution in [3.8, 4) is 0 Å². The van der Waals surface area contributed by atoms with Crippen molar-refractivity contribution in [1.82, 2.24) is 10.2 Å². The van der Waals surface area contributed by atoms with Gasteiger partial charge in [-0.25, -0.2) is 9.59 Å². The predicted octanol–water partition coefficient (Wildman–Crippen LogP) is 3.00. The first-order chi connectivity index (χ1) is 17.2. The van der Waals surface area contributed by atoms with E-state index in [1.54, 1.807) is 6.92 Å². The van der Waals surface area contributed by atoms with Crippen molar-refractivity contribution in [3.63, 3.8) is 0 Å². The van der Waals surface area contributed by atoms with Crippen molar-refractivity contribution in [1.29, 1.82) is 0 Å². The summed E-state index contributed by atoms with van der Waals surface area (Å²) < 4.78 is 10.0. The molecular weight excluding hydrogens is 500 g/mol. The van der Waals surface area contributed by atoms with Gasteiger partial charge in [0.05, 0.1) is 12.4 Å². The largest absolute Gasteiger partial charge is 0.464 e. The molecule has 36 heavy (non-hydrogen) atoms. The van der Waals surface area contributed by atoms with Crippen LogP contribution < -0.4 is 5.32 Å². The highest BCUT2D eigenvalue weighted by atomic mass is 32.2. The lowest BCUT2D eigenvalue weighted by molar-refractivity contribution is -0.182. The summed E-state index contributed by atoms with van der Waals surface area (Å²) in [5.74, 6) is -2.50. The minimum Gasteiger partial charge on any atom is -0.464 e. The van der Waals surface area contributed by atoms with E-state index in [4.69, 9.17) is 9.47 Å². The van der Waals surface area contributed by atoms with Crippen molar-refractivity contribution in [2.45, 2.75) is 54.0 Å². The number of amides is 2. The summed E-state index contributed by atoms with van der Waals surface area (Å²) >= 11 is 2.57. The number of hydrogen-bond acceptors (Lipinski definition) is 8. The van der Waals surface area contributed by atoms with Crippen LogP contribution in [0, 0.1) is 0 Å². The van der Waals surface area contributed by atoms with Gasteiger partial charge in [-0.2, -0.15) is 0 Å². The number of esters is 2. The maximum absolute atomic E-state index is 13.6. The zero-order chi connectivity index (χ0) is 25.9. The van der Waals surface area contributed by atoms with Gasteiger partial charge in [-0.15, -0.1) is 23.5 Å². The monoisotopic (exact) mass is 528 g/mol. The van der Waals surface area contributed by atoms with Crippen LogP contribution in [-0.2, 0) is 35.3 Å². The van der Waals surface area contributed by atoms with Gasteiger partial charge in [0.2, 0.25) is 11.4 Å². The third kappa shape index (κ3) is 4.84. The number of β-lactam (4-membered cyclic amide) rings is 1. The van der Waals surface area contributed by atoms with Gasteiger partial charge < -0.3 is 19.7 Å². The van der Waals surface area contributed by atoms with Crippen LogP contribution in [0.25, 0.3) is 0 Å². The lowest BCUT2D eigenvalue weighted by Crippen LogP contribution is -2.83. The number of rotatable bonds is 9. The number of hydrogen-bond donors (Lipinski definition) is 1. The van der Waals surface area contributed by atoms with E-state index in [0.29, 0.717) is 0 Å². The van der Waals surface area contributed by atoms with Crippen LogP contribution in [0.1, 0.15) is 26.3 Å². The Morgan fingerprint density at radius 3 is 2.31 bits per heavy atom. The number of carbonyl (C=O) groups excluding carboxylic acids is 4. The third-order valence-electron chi connectivity index (χ3n) is 6.04. The van der Waals surface area contributed by atoms with E-state index in [2.05, 4.69) is 5.32 Å². The van der Waals surface area contributed by atoms with Gasteiger partial charge in [-0.3, -0.25) is 9.59 Å². The van der Waals surface area contributed by atoms with Gasteiger partial charge >= 0.3 is 11.9 Å². The summed E-state index contributed by atoms with van der Waals surface area (Å²) in [7, 11) is 0. The van der Waals surface area contributed by atoms with Gasteiger partial charge in [0.15, 0.2) is 0 Å². The zero-order valence-corrected chi connectivity index (χ0v) is 21.9. The summed E-state index contributed by atoms with van der Waals surface area (Å²) in [6.07, 6.45) is 0. The van der Waals surface area contributed by atoms with Gasteiger partial charge in [-0.1, -0.05) is 48.5 Å². The molecule has 0 spiro atoms. The molecule has 0 aliphatic carbocycles. The molecule has 3 atom stereocenters. The van der Waals surface area contributed by atoms with Crippen LogP contribution in [-0.4, -0.2) is 62.7 Å². The van der Waals surface area contributed by atoms with E-state index in [1.807, 2.05) is 74.5 Å². The average Bonchev–Trinajstić information content (AvgIpc) is 3.14. The molecule has 190 valence electrons. The van der Waals surface area contributed by atoms with Crippen molar-refractivity contribution < 1.29 is 28.7 Å². The van der Waals surface area contributed by atoms with Gasteiger partial charge in [0.1, 0.15) is 18.0 Å².